The lowest BCUT2D eigenvalue weighted by molar-refractivity contribution is -0.145. The lowest BCUT2D eigenvalue weighted by Gasteiger charge is -2.35. The highest BCUT2D eigenvalue weighted by molar-refractivity contribution is 6.31. The first-order chi connectivity index (χ1) is 15.9. The SMILES string of the molecule is C=CCN1C(=O)C(C=Nc2ccc(Cl)cc2C(=O)c2ccccc2)C(=O)N(CCCC)C1=O. The van der Waals surface area contributed by atoms with Crippen LogP contribution in [0.4, 0.5) is 10.5 Å². The van der Waals surface area contributed by atoms with E-state index in [4.69, 9.17) is 11.6 Å². The molecule has 0 N–H and O–H groups in total. The summed E-state index contributed by atoms with van der Waals surface area (Å²) in [6.07, 6.45) is 4.01. The molecule has 1 fully saturated rings. The van der Waals surface area contributed by atoms with Crippen LogP contribution >= 0.6 is 11.6 Å². The fourth-order valence-electron chi connectivity index (χ4n) is 3.42. The first kappa shape index (κ1) is 24.1. The Morgan fingerprint density at radius 1 is 1.09 bits per heavy atom. The lowest BCUT2D eigenvalue weighted by Crippen LogP contribution is -2.60. The zero-order valence-electron chi connectivity index (χ0n) is 18.2. The maximum Gasteiger partial charge on any atom is 0.333 e. The normalized spacial score (nSPS) is 16.5. The predicted molar refractivity (Wildman–Crippen MR) is 127 cm³/mol. The summed E-state index contributed by atoms with van der Waals surface area (Å²) < 4.78 is 0. The second kappa shape index (κ2) is 10.8. The van der Waals surface area contributed by atoms with Gasteiger partial charge in [0.05, 0.1) is 5.69 Å². The molecule has 1 unspecified atom stereocenters. The summed E-state index contributed by atoms with van der Waals surface area (Å²) >= 11 is 6.11. The van der Waals surface area contributed by atoms with Crippen molar-refractivity contribution in [3.05, 3.63) is 77.3 Å². The third kappa shape index (κ3) is 5.26. The Morgan fingerprint density at radius 2 is 1.79 bits per heavy atom. The van der Waals surface area contributed by atoms with E-state index in [0.29, 0.717) is 17.0 Å². The summed E-state index contributed by atoms with van der Waals surface area (Å²) in [7, 11) is 0. The summed E-state index contributed by atoms with van der Waals surface area (Å²) in [5, 5.41) is 0.353. The van der Waals surface area contributed by atoms with E-state index in [1.165, 1.54) is 18.4 Å². The van der Waals surface area contributed by atoms with Gasteiger partial charge < -0.3 is 0 Å². The van der Waals surface area contributed by atoms with Crippen LogP contribution in [0.3, 0.4) is 0 Å². The van der Waals surface area contributed by atoms with Crippen molar-refractivity contribution >= 4 is 47.1 Å². The van der Waals surface area contributed by atoms with Crippen LogP contribution in [0.2, 0.25) is 5.02 Å². The van der Waals surface area contributed by atoms with Gasteiger partial charge in [0, 0.05) is 35.5 Å². The topological polar surface area (TPSA) is 87.1 Å². The number of rotatable bonds is 9. The second-order valence-electron chi connectivity index (χ2n) is 7.48. The van der Waals surface area contributed by atoms with Crippen LogP contribution in [0, 0.1) is 5.92 Å². The van der Waals surface area contributed by atoms with E-state index in [0.717, 1.165) is 16.2 Å². The molecule has 2 aromatic rings. The molecule has 3 rings (SSSR count). The van der Waals surface area contributed by atoms with Gasteiger partial charge in [0.1, 0.15) is 0 Å². The highest BCUT2D eigenvalue weighted by Gasteiger charge is 2.44. The second-order valence-corrected chi connectivity index (χ2v) is 7.91. The molecule has 0 radical (unpaired) electrons. The molecule has 170 valence electrons. The minimum Gasteiger partial charge on any atom is -0.289 e. The number of unbranched alkanes of at least 4 members (excludes halogenated alkanes) is 1. The monoisotopic (exact) mass is 465 g/mol. The number of urea groups is 1. The van der Waals surface area contributed by atoms with Crippen LogP contribution in [0.5, 0.6) is 0 Å². The average molecular weight is 466 g/mol. The lowest BCUT2D eigenvalue weighted by atomic mass is 10.0. The smallest absolute Gasteiger partial charge is 0.289 e. The molecule has 1 saturated heterocycles. The molecule has 1 heterocycles. The van der Waals surface area contributed by atoms with Gasteiger partial charge in [0.15, 0.2) is 11.7 Å². The predicted octanol–water partition coefficient (Wildman–Crippen LogP) is 4.67. The van der Waals surface area contributed by atoms with Gasteiger partial charge in [0.2, 0.25) is 11.8 Å². The molecule has 7 nitrogen and oxygen atoms in total. The quantitative estimate of drug-likeness (QED) is 0.233. The molecule has 1 atom stereocenters. The molecule has 1 aliphatic rings. The van der Waals surface area contributed by atoms with E-state index < -0.39 is 23.8 Å². The Morgan fingerprint density at radius 3 is 2.45 bits per heavy atom. The Hall–Kier alpha value is -3.58. The number of carbonyl (C=O) groups excluding carboxylic acids is 4. The average Bonchev–Trinajstić information content (AvgIpc) is 2.82. The number of hydrogen-bond acceptors (Lipinski definition) is 5. The number of halogens is 1. The summed E-state index contributed by atoms with van der Waals surface area (Å²) in [6, 6.07) is 12.6. The van der Waals surface area contributed by atoms with Crippen LogP contribution in [0.1, 0.15) is 35.7 Å². The highest BCUT2D eigenvalue weighted by Crippen LogP contribution is 2.27. The Labute approximate surface area is 197 Å². The Bertz CT molecular complexity index is 1110. The molecule has 1 aliphatic heterocycles. The van der Waals surface area contributed by atoms with Gasteiger partial charge in [-0.2, -0.15) is 0 Å². The molecule has 0 spiro atoms. The summed E-state index contributed by atoms with van der Waals surface area (Å²) in [4.78, 5) is 57.9. The zero-order chi connectivity index (χ0) is 24.0. The molecule has 0 aliphatic carbocycles. The van der Waals surface area contributed by atoms with Crippen LogP contribution in [0.15, 0.2) is 66.2 Å². The number of amides is 4. The van der Waals surface area contributed by atoms with Crippen molar-refractivity contribution in [3.63, 3.8) is 0 Å². The summed E-state index contributed by atoms with van der Waals surface area (Å²) in [6.45, 7) is 5.71. The molecule has 4 amide bonds. The maximum atomic E-state index is 13.0. The van der Waals surface area contributed by atoms with Gasteiger partial charge >= 0.3 is 6.03 Å². The Kier molecular flexibility index (Phi) is 7.90. The number of benzene rings is 2. The minimum absolute atomic E-state index is 0.0173. The highest BCUT2D eigenvalue weighted by atomic mass is 35.5. The van der Waals surface area contributed by atoms with Crippen molar-refractivity contribution in [1.82, 2.24) is 9.80 Å². The molecular formula is C25H24ClN3O4. The van der Waals surface area contributed by atoms with E-state index in [1.807, 2.05) is 6.92 Å². The molecule has 0 saturated carbocycles. The van der Waals surface area contributed by atoms with Crippen molar-refractivity contribution in [2.75, 3.05) is 13.1 Å². The van der Waals surface area contributed by atoms with E-state index >= 15 is 0 Å². The Balaban J connectivity index is 1.96. The van der Waals surface area contributed by atoms with E-state index in [1.54, 1.807) is 42.5 Å². The standard InChI is InChI=1S/C25H24ClN3O4/c1-3-5-14-29-24(32)20(23(31)28(13-4-2)25(29)33)16-27-21-12-11-18(26)15-19(21)22(30)17-9-7-6-8-10-17/h4,6-12,15-16,20H,2-3,5,13-14H2,1H3. The van der Waals surface area contributed by atoms with Crippen molar-refractivity contribution in [3.8, 4) is 0 Å². The van der Waals surface area contributed by atoms with Gasteiger partial charge in [-0.3, -0.25) is 29.2 Å². The first-order valence-electron chi connectivity index (χ1n) is 10.6. The third-order valence-corrected chi connectivity index (χ3v) is 5.41. The number of imide groups is 2. The minimum atomic E-state index is -1.28. The molecule has 33 heavy (non-hydrogen) atoms. The van der Waals surface area contributed by atoms with E-state index in [-0.39, 0.29) is 30.1 Å². The van der Waals surface area contributed by atoms with Gasteiger partial charge in [0.25, 0.3) is 0 Å². The van der Waals surface area contributed by atoms with Gasteiger partial charge in [-0.1, -0.05) is 61.4 Å². The van der Waals surface area contributed by atoms with Crippen molar-refractivity contribution in [2.45, 2.75) is 19.8 Å². The fraction of sp³-hybridized carbons (Fsp3) is 0.240. The molecule has 0 bridgehead atoms. The number of carbonyl (C=O) groups is 4. The molecule has 0 aromatic heterocycles. The third-order valence-electron chi connectivity index (χ3n) is 5.17. The zero-order valence-corrected chi connectivity index (χ0v) is 19.0. The van der Waals surface area contributed by atoms with Crippen molar-refractivity contribution < 1.29 is 19.2 Å². The van der Waals surface area contributed by atoms with Crippen LogP contribution in [-0.4, -0.2) is 52.7 Å². The van der Waals surface area contributed by atoms with Crippen LogP contribution < -0.4 is 0 Å². The summed E-state index contributed by atoms with van der Waals surface area (Å²) in [5.41, 5.74) is 0.957. The van der Waals surface area contributed by atoms with E-state index in [9.17, 15) is 19.2 Å². The number of aliphatic imine (C=N–C) groups is 1. The van der Waals surface area contributed by atoms with Gasteiger partial charge in [-0.15, -0.1) is 6.58 Å². The van der Waals surface area contributed by atoms with Crippen molar-refractivity contribution in [1.29, 1.82) is 0 Å². The van der Waals surface area contributed by atoms with Crippen LogP contribution in [0.25, 0.3) is 0 Å². The number of nitrogens with zero attached hydrogens (tertiary/aromatic N) is 3. The number of hydrogen-bond donors (Lipinski definition) is 0. The van der Waals surface area contributed by atoms with Gasteiger partial charge in [-0.25, -0.2) is 4.79 Å². The molecular weight excluding hydrogens is 442 g/mol. The maximum absolute atomic E-state index is 13.0. The fourth-order valence-corrected chi connectivity index (χ4v) is 3.60. The van der Waals surface area contributed by atoms with E-state index in [2.05, 4.69) is 11.6 Å². The number of ketones is 1. The van der Waals surface area contributed by atoms with Gasteiger partial charge in [-0.05, 0) is 24.6 Å². The molecule has 8 heteroatoms. The molecule has 2 aromatic carbocycles. The number of barbiturate groups is 1. The summed E-state index contributed by atoms with van der Waals surface area (Å²) in [5.74, 6) is -2.88. The van der Waals surface area contributed by atoms with Crippen LogP contribution in [-0.2, 0) is 9.59 Å². The largest absolute Gasteiger partial charge is 0.333 e. The first-order valence-corrected chi connectivity index (χ1v) is 11.0. The van der Waals surface area contributed by atoms with Crippen molar-refractivity contribution in [2.24, 2.45) is 10.9 Å².